The Bertz CT molecular complexity index is 1660. The smallest absolute Gasteiger partial charge is 0.161 e. The first-order valence-electron chi connectivity index (χ1n) is 12.2. The molecule has 1 aliphatic carbocycles. The van der Waals surface area contributed by atoms with Crippen LogP contribution < -0.4 is 15.4 Å². The van der Waals surface area contributed by atoms with E-state index in [9.17, 15) is 0 Å². The molecule has 0 bridgehead atoms. The van der Waals surface area contributed by atoms with Gasteiger partial charge in [-0.1, -0.05) is 66.7 Å². The largest absolute Gasteiger partial charge is 0.495 e. The van der Waals surface area contributed by atoms with Crippen LogP contribution in [0.2, 0.25) is 0 Å². The summed E-state index contributed by atoms with van der Waals surface area (Å²) in [5.74, 6) is 1.42. The Kier molecular flexibility index (Phi) is 5.82. The zero-order valence-corrected chi connectivity index (χ0v) is 20.6. The molecule has 3 aromatic heterocycles. The summed E-state index contributed by atoms with van der Waals surface area (Å²) in [6.07, 6.45) is 10.7. The molecule has 1 aliphatic rings. The van der Waals surface area contributed by atoms with Gasteiger partial charge in [-0.25, -0.2) is 0 Å². The van der Waals surface area contributed by atoms with E-state index in [1.807, 2.05) is 55.7 Å². The molecule has 0 spiro atoms. The minimum absolute atomic E-state index is 0.418. The molecule has 0 saturated heterocycles. The van der Waals surface area contributed by atoms with Crippen LogP contribution in [0.1, 0.15) is 12.0 Å². The lowest BCUT2D eigenvalue weighted by Gasteiger charge is -2.33. The van der Waals surface area contributed by atoms with E-state index in [-0.39, 0.29) is 0 Å². The van der Waals surface area contributed by atoms with E-state index in [2.05, 4.69) is 73.3 Å². The summed E-state index contributed by atoms with van der Waals surface area (Å²) in [5, 5.41) is 18.2. The van der Waals surface area contributed by atoms with Crippen molar-refractivity contribution in [2.24, 2.45) is 0 Å². The van der Waals surface area contributed by atoms with Crippen LogP contribution in [-0.4, -0.2) is 34.3 Å². The quantitative estimate of drug-likeness (QED) is 0.322. The lowest BCUT2D eigenvalue weighted by atomic mass is 9.83. The first-order chi connectivity index (χ1) is 18.2. The van der Waals surface area contributed by atoms with Crippen LogP contribution in [0.15, 0.2) is 103 Å². The van der Waals surface area contributed by atoms with E-state index in [0.717, 1.165) is 56.6 Å². The monoisotopic (exact) mass is 486 g/mol. The molecule has 0 fully saturated rings. The van der Waals surface area contributed by atoms with Gasteiger partial charge in [-0.2, -0.15) is 0 Å². The second-order valence-corrected chi connectivity index (χ2v) is 8.95. The number of pyridine rings is 2. The number of nitrogens with one attached hydrogen (secondary N) is 2. The Morgan fingerprint density at radius 2 is 1.73 bits per heavy atom. The predicted molar refractivity (Wildman–Crippen MR) is 147 cm³/mol. The first-order valence-corrected chi connectivity index (χ1v) is 12.2. The summed E-state index contributed by atoms with van der Waals surface area (Å²) in [4.78, 5) is 9.16. The summed E-state index contributed by atoms with van der Waals surface area (Å²) in [7, 11) is 3.60. The maximum atomic E-state index is 5.33. The zero-order chi connectivity index (χ0) is 25.2. The van der Waals surface area contributed by atoms with E-state index in [1.54, 1.807) is 13.3 Å². The van der Waals surface area contributed by atoms with Gasteiger partial charge in [-0.05, 0) is 25.6 Å². The molecule has 0 saturated carbocycles. The van der Waals surface area contributed by atoms with Crippen molar-refractivity contribution in [1.82, 2.24) is 25.5 Å². The SMILES string of the molecule is CNC1(c2ccnc3cc(OC)cnc23)C=CC(Nc2nnc(-c3ccccc3)c3ccccc23)=CC1. The van der Waals surface area contributed by atoms with Crippen molar-refractivity contribution >= 4 is 27.6 Å². The number of likely N-dealkylation sites (N-methyl/N-ethyl adjacent to an activating group) is 1. The number of hydrogen-bond acceptors (Lipinski definition) is 7. The van der Waals surface area contributed by atoms with E-state index in [0.29, 0.717) is 5.75 Å². The van der Waals surface area contributed by atoms with Crippen molar-refractivity contribution in [2.45, 2.75) is 12.0 Å². The van der Waals surface area contributed by atoms with Crippen LogP contribution in [0.5, 0.6) is 5.75 Å². The molecule has 5 aromatic rings. The van der Waals surface area contributed by atoms with Crippen LogP contribution in [-0.2, 0) is 5.54 Å². The van der Waals surface area contributed by atoms with Gasteiger partial charge in [0.15, 0.2) is 5.82 Å². The highest BCUT2D eigenvalue weighted by Crippen LogP contribution is 2.36. The second kappa shape index (κ2) is 9.44. The fraction of sp³-hybridized carbons (Fsp3) is 0.133. The van der Waals surface area contributed by atoms with Gasteiger partial charge in [-0.15, -0.1) is 10.2 Å². The Labute approximate surface area is 215 Å². The summed E-state index contributed by atoms with van der Waals surface area (Å²) in [6.45, 7) is 0. The maximum absolute atomic E-state index is 5.33. The van der Waals surface area contributed by atoms with Gasteiger partial charge in [0.2, 0.25) is 0 Å². The van der Waals surface area contributed by atoms with E-state index in [4.69, 9.17) is 4.74 Å². The van der Waals surface area contributed by atoms with Gasteiger partial charge in [0.05, 0.1) is 29.9 Å². The Hall–Kier alpha value is -4.62. The predicted octanol–water partition coefficient (Wildman–Crippen LogP) is 5.62. The summed E-state index contributed by atoms with van der Waals surface area (Å²) in [5.41, 5.74) is 5.17. The van der Waals surface area contributed by atoms with Crippen molar-refractivity contribution in [3.8, 4) is 17.0 Å². The lowest BCUT2D eigenvalue weighted by molar-refractivity contribution is 0.413. The summed E-state index contributed by atoms with van der Waals surface area (Å²) in [6, 6.07) is 22.3. The third-order valence-corrected chi connectivity index (χ3v) is 6.90. The standard InChI is InChI=1S/C30H26N6O/c1-31-30(25-14-17-32-26-18-22(37-2)19-33-28(25)26)15-12-21(13-16-30)34-29-24-11-7-6-10-23(24)27(35-36-29)20-8-4-3-5-9-20/h3-15,17-19,31H,16H2,1-2H3,(H,34,36). The Balaban J connectivity index is 1.32. The van der Waals surface area contributed by atoms with E-state index >= 15 is 0 Å². The Morgan fingerprint density at radius 3 is 2.49 bits per heavy atom. The number of allylic oxidation sites excluding steroid dienone is 1. The zero-order valence-electron chi connectivity index (χ0n) is 20.6. The minimum Gasteiger partial charge on any atom is -0.495 e. The van der Waals surface area contributed by atoms with Crippen molar-refractivity contribution in [3.63, 3.8) is 0 Å². The molecule has 2 aromatic carbocycles. The second-order valence-electron chi connectivity index (χ2n) is 8.95. The third kappa shape index (κ3) is 4.09. The minimum atomic E-state index is -0.418. The number of benzene rings is 2. The summed E-state index contributed by atoms with van der Waals surface area (Å²) >= 11 is 0. The number of hydrogen-bond donors (Lipinski definition) is 2. The molecule has 37 heavy (non-hydrogen) atoms. The number of nitrogens with zero attached hydrogens (tertiary/aromatic N) is 4. The lowest BCUT2D eigenvalue weighted by Crippen LogP contribution is -2.39. The van der Waals surface area contributed by atoms with Gasteiger partial charge in [-0.3, -0.25) is 9.97 Å². The molecule has 2 N–H and O–H groups in total. The molecule has 1 atom stereocenters. The molecule has 7 nitrogen and oxygen atoms in total. The fourth-order valence-electron chi connectivity index (χ4n) is 4.88. The highest BCUT2D eigenvalue weighted by Gasteiger charge is 2.31. The van der Waals surface area contributed by atoms with Crippen molar-refractivity contribution < 1.29 is 4.74 Å². The highest BCUT2D eigenvalue weighted by molar-refractivity contribution is 6.00. The van der Waals surface area contributed by atoms with Crippen LogP contribution in [0, 0.1) is 0 Å². The topological polar surface area (TPSA) is 84.9 Å². The molecule has 0 radical (unpaired) electrons. The number of methoxy groups -OCH3 is 1. The molecule has 7 heteroatoms. The number of rotatable bonds is 6. The van der Waals surface area contributed by atoms with Crippen LogP contribution in [0.4, 0.5) is 5.82 Å². The van der Waals surface area contributed by atoms with Crippen molar-refractivity contribution in [1.29, 1.82) is 0 Å². The number of ether oxygens (including phenoxy) is 1. The average Bonchev–Trinajstić information content (AvgIpc) is 2.97. The van der Waals surface area contributed by atoms with Gasteiger partial charge < -0.3 is 15.4 Å². The molecular formula is C30H26N6O. The number of anilines is 1. The van der Waals surface area contributed by atoms with Gasteiger partial charge in [0, 0.05) is 39.9 Å². The molecular weight excluding hydrogens is 460 g/mol. The Morgan fingerprint density at radius 1 is 0.919 bits per heavy atom. The molecule has 0 amide bonds. The number of aromatic nitrogens is 4. The fourth-order valence-corrected chi connectivity index (χ4v) is 4.88. The molecule has 1 unspecified atom stereocenters. The van der Waals surface area contributed by atoms with Gasteiger partial charge in [0.25, 0.3) is 0 Å². The van der Waals surface area contributed by atoms with Crippen molar-refractivity contribution in [2.75, 3.05) is 19.5 Å². The summed E-state index contributed by atoms with van der Waals surface area (Å²) < 4.78 is 5.33. The van der Waals surface area contributed by atoms with Crippen LogP contribution in [0.25, 0.3) is 33.1 Å². The van der Waals surface area contributed by atoms with Crippen LogP contribution >= 0.6 is 0 Å². The number of fused-ring (bicyclic) bond motifs is 2. The molecule has 3 heterocycles. The average molecular weight is 487 g/mol. The van der Waals surface area contributed by atoms with Gasteiger partial charge >= 0.3 is 0 Å². The van der Waals surface area contributed by atoms with Crippen molar-refractivity contribution in [3.05, 3.63) is 109 Å². The normalized spacial score (nSPS) is 17.1. The van der Waals surface area contributed by atoms with Gasteiger partial charge in [0.1, 0.15) is 11.4 Å². The highest BCUT2D eigenvalue weighted by atomic mass is 16.5. The molecule has 6 rings (SSSR count). The first kappa shape index (κ1) is 22.8. The van der Waals surface area contributed by atoms with E-state index in [1.165, 1.54) is 0 Å². The maximum Gasteiger partial charge on any atom is 0.161 e. The molecule has 0 aliphatic heterocycles. The van der Waals surface area contributed by atoms with Crippen LogP contribution in [0.3, 0.4) is 0 Å². The van der Waals surface area contributed by atoms with E-state index < -0.39 is 5.54 Å². The third-order valence-electron chi connectivity index (χ3n) is 6.90. The molecule has 182 valence electrons.